The summed E-state index contributed by atoms with van der Waals surface area (Å²) in [5, 5.41) is 8.52. The molecule has 0 aromatic carbocycles. The number of hydrogen-bond acceptors (Lipinski definition) is 3. The maximum atomic E-state index is 10.3. The van der Waals surface area contributed by atoms with Crippen molar-refractivity contribution in [2.45, 2.75) is 25.7 Å². The molecule has 0 unspecified atom stereocenters. The average molecular weight is 215 g/mol. The third-order valence-electron chi connectivity index (χ3n) is 2.97. The first-order chi connectivity index (χ1) is 7.22. The molecule has 1 aliphatic rings. The van der Waals surface area contributed by atoms with E-state index in [2.05, 4.69) is 4.90 Å². The molecule has 0 aromatic rings. The zero-order valence-electron chi connectivity index (χ0n) is 9.45. The van der Waals surface area contributed by atoms with Crippen LogP contribution < -0.4 is 0 Å². The highest BCUT2D eigenvalue weighted by Crippen LogP contribution is 2.17. The Morgan fingerprint density at radius 3 is 2.67 bits per heavy atom. The summed E-state index contributed by atoms with van der Waals surface area (Å²) >= 11 is 0. The molecule has 1 aliphatic heterocycles. The van der Waals surface area contributed by atoms with E-state index < -0.39 is 5.97 Å². The zero-order valence-corrected chi connectivity index (χ0v) is 9.45. The molecule has 0 saturated carbocycles. The molecule has 88 valence electrons. The Balaban J connectivity index is 2.06. The predicted molar refractivity (Wildman–Crippen MR) is 57.9 cm³/mol. The van der Waals surface area contributed by atoms with Crippen LogP contribution in [0.3, 0.4) is 0 Å². The number of piperidine rings is 1. The summed E-state index contributed by atoms with van der Waals surface area (Å²) in [6, 6.07) is 0. The Morgan fingerprint density at radius 2 is 2.13 bits per heavy atom. The molecule has 1 N–H and O–H groups in total. The van der Waals surface area contributed by atoms with E-state index in [1.54, 1.807) is 7.11 Å². The summed E-state index contributed by atoms with van der Waals surface area (Å²) in [7, 11) is 1.75. The van der Waals surface area contributed by atoms with Crippen LogP contribution in [-0.4, -0.2) is 49.3 Å². The third-order valence-corrected chi connectivity index (χ3v) is 2.97. The van der Waals surface area contributed by atoms with Crippen molar-refractivity contribution >= 4 is 5.97 Å². The van der Waals surface area contributed by atoms with E-state index in [-0.39, 0.29) is 6.42 Å². The number of aliphatic carboxylic acids is 1. The molecule has 0 atom stereocenters. The van der Waals surface area contributed by atoms with Crippen molar-refractivity contribution in [2.24, 2.45) is 5.92 Å². The van der Waals surface area contributed by atoms with Crippen LogP contribution in [0.25, 0.3) is 0 Å². The summed E-state index contributed by atoms with van der Waals surface area (Å²) < 4.78 is 5.13. The Bertz CT molecular complexity index is 188. The van der Waals surface area contributed by atoms with Crippen LogP contribution in [-0.2, 0) is 9.53 Å². The van der Waals surface area contributed by atoms with Crippen LogP contribution in [0.5, 0.6) is 0 Å². The minimum absolute atomic E-state index is 0.290. The van der Waals surface area contributed by atoms with E-state index in [0.29, 0.717) is 5.92 Å². The van der Waals surface area contributed by atoms with Gasteiger partial charge in [0.2, 0.25) is 0 Å². The third kappa shape index (κ3) is 5.14. The number of likely N-dealkylation sites (tertiary alicyclic amines) is 1. The van der Waals surface area contributed by atoms with E-state index in [1.165, 1.54) is 12.8 Å². The van der Waals surface area contributed by atoms with Crippen molar-refractivity contribution in [3.63, 3.8) is 0 Å². The first kappa shape index (κ1) is 12.5. The molecular formula is C11H21NO3. The Hall–Kier alpha value is -0.610. The second-order valence-electron chi connectivity index (χ2n) is 4.24. The van der Waals surface area contributed by atoms with E-state index in [9.17, 15) is 4.79 Å². The van der Waals surface area contributed by atoms with Crippen molar-refractivity contribution < 1.29 is 14.6 Å². The SMILES string of the molecule is COCC1CCN(CCCC(=O)O)CC1. The van der Waals surface area contributed by atoms with E-state index in [4.69, 9.17) is 9.84 Å². The van der Waals surface area contributed by atoms with Gasteiger partial charge in [0.1, 0.15) is 0 Å². The van der Waals surface area contributed by atoms with Gasteiger partial charge in [-0.25, -0.2) is 0 Å². The largest absolute Gasteiger partial charge is 0.481 e. The number of methoxy groups -OCH3 is 1. The number of carbonyl (C=O) groups is 1. The first-order valence-corrected chi connectivity index (χ1v) is 5.65. The number of rotatable bonds is 6. The van der Waals surface area contributed by atoms with Gasteiger partial charge in [-0.15, -0.1) is 0 Å². The Labute approximate surface area is 91.2 Å². The van der Waals surface area contributed by atoms with Gasteiger partial charge >= 0.3 is 5.97 Å². The molecule has 0 bridgehead atoms. The molecule has 0 spiro atoms. The van der Waals surface area contributed by atoms with Crippen LogP contribution in [0.15, 0.2) is 0 Å². The lowest BCUT2D eigenvalue weighted by Gasteiger charge is -2.31. The molecule has 15 heavy (non-hydrogen) atoms. The summed E-state index contributed by atoms with van der Waals surface area (Å²) in [6.07, 6.45) is 3.42. The first-order valence-electron chi connectivity index (χ1n) is 5.65. The quantitative estimate of drug-likeness (QED) is 0.723. The summed E-state index contributed by atoms with van der Waals surface area (Å²) in [4.78, 5) is 12.7. The molecular weight excluding hydrogens is 194 g/mol. The minimum atomic E-state index is -0.690. The minimum Gasteiger partial charge on any atom is -0.481 e. The second kappa shape index (κ2) is 6.80. The lowest BCUT2D eigenvalue weighted by atomic mass is 9.98. The highest BCUT2D eigenvalue weighted by Gasteiger charge is 2.18. The van der Waals surface area contributed by atoms with Crippen LogP contribution in [0.1, 0.15) is 25.7 Å². The van der Waals surface area contributed by atoms with Gasteiger partial charge in [0.05, 0.1) is 0 Å². The molecule has 1 fully saturated rings. The molecule has 0 amide bonds. The molecule has 1 rings (SSSR count). The van der Waals surface area contributed by atoms with Gasteiger partial charge in [0.25, 0.3) is 0 Å². The molecule has 1 heterocycles. The van der Waals surface area contributed by atoms with E-state index in [0.717, 1.165) is 32.7 Å². The smallest absolute Gasteiger partial charge is 0.303 e. The van der Waals surface area contributed by atoms with Crippen LogP contribution in [0.2, 0.25) is 0 Å². The Morgan fingerprint density at radius 1 is 1.47 bits per heavy atom. The van der Waals surface area contributed by atoms with E-state index >= 15 is 0 Å². The fourth-order valence-corrected chi connectivity index (χ4v) is 2.07. The molecule has 0 radical (unpaired) electrons. The number of carboxylic acids is 1. The van der Waals surface area contributed by atoms with Gasteiger partial charge < -0.3 is 14.7 Å². The van der Waals surface area contributed by atoms with Crippen molar-refractivity contribution in [1.29, 1.82) is 0 Å². The van der Waals surface area contributed by atoms with Crippen LogP contribution >= 0.6 is 0 Å². The number of carboxylic acid groups (broad SMARTS) is 1. The van der Waals surface area contributed by atoms with Gasteiger partial charge in [-0.05, 0) is 44.8 Å². The Kier molecular flexibility index (Phi) is 5.65. The average Bonchev–Trinajstić information content (AvgIpc) is 2.20. The molecule has 4 heteroatoms. The van der Waals surface area contributed by atoms with Crippen molar-refractivity contribution in [3.8, 4) is 0 Å². The second-order valence-corrected chi connectivity index (χ2v) is 4.24. The topological polar surface area (TPSA) is 49.8 Å². The molecule has 4 nitrogen and oxygen atoms in total. The maximum Gasteiger partial charge on any atom is 0.303 e. The van der Waals surface area contributed by atoms with E-state index in [1.807, 2.05) is 0 Å². The van der Waals surface area contributed by atoms with Crippen LogP contribution in [0, 0.1) is 5.92 Å². The number of ether oxygens (including phenoxy) is 1. The molecule has 0 aliphatic carbocycles. The monoisotopic (exact) mass is 215 g/mol. The normalized spacial score (nSPS) is 19.3. The molecule has 0 aromatic heterocycles. The predicted octanol–water partition coefficient (Wildman–Crippen LogP) is 1.21. The van der Waals surface area contributed by atoms with Gasteiger partial charge in [-0.1, -0.05) is 0 Å². The van der Waals surface area contributed by atoms with Gasteiger partial charge in [0, 0.05) is 20.1 Å². The lowest BCUT2D eigenvalue weighted by Crippen LogP contribution is -2.35. The van der Waals surface area contributed by atoms with Crippen molar-refractivity contribution in [1.82, 2.24) is 4.90 Å². The summed E-state index contributed by atoms with van der Waals surface area (Å²) in [6.45, 7) is 3.97. The fraction of sp³-hybridized carbons (Fsp3) is 0.909. The number of nitrogens with zero attached hydrogens (tertiary/aromatic N) is 1. The summed E-state index contributed by atoms with van der Waals surface area (Å²) in [5.74, 6) is 0.00925. The van der Waals surface area contributed by atoms with Gasteiger partial charge in [-0.3, -0.25) is 4.79 Å². The number of hydrogen-bond donors (Lipinski definition) is 1. The zero-order chi connectivity index (χ0) is 11.1. The molecule has 1 saturated heterocycles. The van der Waals surface area contributed by atoms with Crippen LogP contribution in [0.4, 0.5) is 0 Å². The highest BCUT2D eigenvalue weighted by atomic mass is 16.5. The standard InChI is InChI=1S/C11H21NO3/c1-15-9-10-4-7-12(8-5-10)6-2-3-11(13)14/h10H,2-9H2,1H3,(H,13,14). The van der Waals surface area contributed by atoms with Crippen molar-refractivity contribution in [2.75, 3.05) is 33.4 Å². The van der Waals surface area contributed by atoms with Crippen molar-refractivity contribution in [3.05, 3.63) is 0 Å². The lowest BCUT2D eigenvalue weighted by molar-refractivity contribution is -0.137. The fourth-order valence-electron chi connectivity index (χ4n) is 2.07. The summed E-state index contributed by atoms with van der Waals surface area (Å²) in [5.41, 5.74) is 0. The maximum absolute atomic E-state index is 10.3. The highest BCUT2D eigenvalue weighted by molar-refractivity contribution is 5.66. The van der Waals surface area contributed by atoms with Gasteiger partial charge in [-0.2, -0.15) is 0 Å². The van der Waals surface area contributed by atoms with Gasteiger partial charge in [0.15, 0.2) is 0 Å².